The number of hydrogen-bond donors (Lipinski definition) is 1. The fraction of sp³-hybridized carbons (Fsp3) is 0.105. The molecule has 1 aromatic carbocycles. The minimum absolute atomic E-state index is 0.167. The number of pyridine rings is 2. The van der Waals surface area contributed by atoms with E-state index in [1.54, 1.807) is 30.7 Å². The summed E-state index contributed by atoms with van der Waals surface area (Å²) in [6.07, 6.45) is 5.07. The van der Waals surface area contributed by atoms with Gasteiger partial charge in [0.1, 0.15) is 11.3 Å². The van der Waals surface area contributed by atoms with Crippen molar-refractivity contribution < 1.29 is 8.42 Å². The Morgan fingerprint density at radius 3 is 2.50 bits per heavy atom. The lowest BCUT2D eigenvalue weighted by Crippen LogP contribution is -2.27. The highest BCUT2D eigenvalue weighted by Crippen LogP contribution is 2.23. The van der Waals surface area contributed by atoms with Crippen LogP contribution in [0.4, 0.5) is 0 Å². The number of sulfonamides is 1. The third-order valence-electron chi connectivity index (χ3n) is 4.19. The number of imidazole rings is 1. The Morgan fingerprint density at radius 2 is 1.75 bits per heavy atom. The topological polar surface area (TPSA) is 89.8 Å². The fourth-order valence-electron chi connectivity index (χ4n) is 2.88. The lowest BCUT2D eigenvalue weighted by Gasteiger charge is -2.10. The molecule has 0 atom stereocenters. The molecule has 0 aliphatic heterocycles. The summed E-state index contributed by atoms with van der Waals surface area (Å²) in [7, 11) is -3.63. The van der Waals surface area contributed by atoms with Crippen LogP contribution in [0.2, 0.25) is 5.02 Å². The van der Waals surface area contributed by atoms with Crippen molar-refractivity contribution in [2.24, 2.45) is 0 Å². The summed E-state index contributed by atoms with van der Waals surface area (Å²) in [5.41, 5.74) is 2.32. The molecule has 0 fully saturated rings. The van der Waals surface area contributed by atoms with Crippen LogP contribution in [-0.4, -0.2) is 34.5 Å². The Kier molecular flexibility index (Phi) is 5.08. The summed E-state index contributed by atoms with van der Waals surface area (Å²) in [6.45, 7) is 0.559. The molecule has 0 saturated heterocycles. The van der Waals surface area contributed by atoms with Crippen molar-refractivity contribution in [2.45, 2.75) is 11.4 Å². The van der Waals surface area contributed by atoms with Crippen LogP contribution in [0.15, 0.2) is 72.0 Å². The summed E-state index contributed by atoms with van der Waals surface area (Å²) >= 11 is 5.83. The molecule has 0 saturated carbocycles. The molecular weight excluding hydrogens is 398 g/mol. The van der Waals surface area contributed by atoms with Crippen LogP contribution in [0.3, 0.4) is 0 Å². The summed E-state index contributed by atoms with van der Waals surface area (Å²) in [6, 6.07) is 13.4. The zero-order valence-electron chi connectivity index (χ0n) is 14.7. The second kappa shape index (κ2) is 7.67. The van der Waals surface area contributed by atoms with Gasteiger partial charge in [-0.3, -0.25) is 4.98 Å². The first-order chi connectivity index (χ1) is 13.5. The predicted octanol–water partition coefficient (Wildman–Crippen LogP) is 3.13. The molecule has 0 aliphatic carbocycles. The SMILES string of the molecule is O=S(=O)(NCCn1c(-c2ccncc2)nc2cccnc21)c1ccc(Cl)cc1. The fourth-order valence-corrected chi connectivity index (χ4v) is 4.03. The van der Waals surface area contributed by atoms with Gasteiger partial charge in [-0.1, -0.05) is 11.6 Å². The molecule has 1 N–H and O–H groups in total. The average molecular weight is 414 g/mol. The number of fused-ring (bicyclic) bond motifs is 1. The molecule has 0 bridgehead atoms. The molecule has 142 valence electrons. The van der Waals surface area contributed by atoms with Crippen LogP contribution in [0, 0.1) is 0 Å². The molecule has 0 radical (unpaired) electrons. The highest BCUT2D eigenvalue weighted by molar-refractivity contribution is 7.89. The number of benzene rings is 1. The predicted molar refractivity (Wildman–Crippen MR) is 107 cm³/mol. The maximum Gasteiger partial charge on any atom is 0.240 e. The van der Waals surface area contributed by atoms with E-state index in [-0.39, 0.29) is 11.4 Å². The normalized spacial score (nSPS) is 11.8. The first-order valence-corrected chi connectivity index (χ1v) is 10.4. The monoisotopic (exact) mass is 413 g/mol. The maximum absolute atomic E-state index is 12.5. The van der Waals surface area contributed by atoms with E-state index in [1.807, 2.05) is 28.8 Å². The largest absolute Gasteiger partial charge is 0.307 e. The van der Waals surface area contributed by atoms with Crippen molar-refractivity contribution in [3.63, 3.8) is 0 Å². The first-order valence-electron chi connectivity index (χ1n) is 8.51. The van der Waals surface area contributed by atoms with Crippen molar-refractivity contribution in [2.75, 3.05) is 6.54 Å². The van der Waals surface area contributed by atoms with Crippen LogP contribution in [-0.2, 0) is 16.6 Å². The lowest BCUT2D eigenvalue weighted by molar-refractivity contribution is 0.574. The van der Waals surface area contributed by atoms with E-state index in [2.05, 4.69) is 19.7 Å². The Hall–Kier alpha value is -2.81. The highest BCUT2D eigenvalue weighted by atomic mass is 35.5. The Labute approximate surface area is 167 Å². The molecule has 28 heavy (non-hydrogen) atoms. The average Bonchev–Trinajstić information content (AvgIpc) is 3.08. The molecule has 0 aliphatic rings. The third-order valence-corrected chi connectivity index (χ3v) is 5.92. The minimum atomic E-state index is -3.63. The van der Waals surface area contributed by atoms with Gasteiger partial charge < -0.3 is 4.57 Å². The first kappa shape index (κ1) is 18.5. The minimum Gasteiger partial charge on any atom is -0.307 e. The van der Waals surface area contributed by atoms with Gasteiger partial charge in [0.05, 0.1) is 4.90 Å². The molecule has 3 heterocycles. The number of rotatable bonds is 6. The van der Waals surface area contributed by atoms with Gasteiger partial charge in [-0.2, -0.15) is 0 Å². The van der Waals surface area contributed by atoms with Gasteiger partial charge in [0.15, 0.2) is 5.65 Å². The molecule has 0 unspecified atom stereocenters. The van der Waals surface area contributed by atoms with Gasteiger partial charge in [-0.15, -0.1) is 0 Å². The molecule has 9 heteroatoms. The molecule has 3 aromatic heterocycles. The van der Waals surface area contributed by atoms with Gasteiger partial charge in [0, 0.05) is 42.3 Å². The lowest BCUT2D eigenvalue weighted by atomic mass is 10.2. The van der Waals surface area contributed by atoms with E-state index in [0.29, 0.717) is 23.0 Å². The zero-order valence-corrected chi connectivity index (χ0v) is 16.2. The summed E-state index contributed by atoms with van der Waals surface area (Å²) in [4.78, 5) is 13.3. The van der Waals surface area contributed by atoms with Crippen LogP contribution >= 0.6 is 11.6 Å². The van der Waals surface area contributed by atoms with Crippen molar-refractivity contribution in [1.29, 1.82) is 0 Å². The smallest absolute Gasteiger partial charge is 0.240 e. The van der Waals surface area contributed by atoms with Crippen molar-refractivity contribution in [1.82, 2.24) is 24.2 Å². The molecule has 0 spiro atoms. The molecule has 0 amide bonds. The van der Waals surface area contributed by atoms with Gasteiger partial charge in [-0.05, 0) is 48.5 Å². The van der Waals surface area contributed by atoms with Gasteiger partial charge >= 0.3 is 0 Å². The Bertz CT molecular complexity index is 1210. The number of nitrogens with one attached hydrogen (secondary N) is 1. The number of halogens is 1. The summed E-state index contributed by atoms with van der Waals surface area (Å²) in [5.74, 6) is 0.710. The van der Waals surface area contributed by atoms with E-state index >= 15 is 0 Å². The van der Waals surface area contributed by atoms with Crippen molar-refractivity contribution in [3.8, 4) is 11.4 Å². The standard InChI is InChI=1S/C19H16ClN5O2S/c20-15-3-5-16(6-4-15)28(26,27)23-12-13-25-18(14-7-10-21-11-8-14)24-17-2-1-9-22-19(17)25/h1-11,23H,12-13H2. The van der Waals surface area contributed by atoms with E-state index in [4.69, 9.17) is 11.6 Å². The van der Waals surface area contributed by atoms with Crippen molar-refractivity contribution in [3.05, 3.63) is 72.1 Å². The Morgan fingerprint density at radius 1 is 1.00 bits per heavy atom. The zero-order chi connectivity index (χ0) is 19.6. The highest BCUT2D eigenvalue weighted by Gasteiger charge is 2.16. The van der Waals surface area contributed by atoms with Crippen LogP contribution in [0.5, 0.6) is 0 Å². The van der Waals surface area contributed by atoms with Gasteiger partial charge in [-0.25, -0.2) is 23.1 Å². The van der Waals surface area contributed by atoms with E-state index in [1.165, 1.54) is 12.1 Å². The Balaban J connectivity index is 1.60. The molecular formula is C19H16ClN5O2S. The molecule has 7 nitrogen and oxygen atoms in total. The third kappa shape index (κ3) is 3.75. The number of hydrogen-bond acceptors (Lipinski definition) is 5. The van der Waals surface area contributed by atoms with Crippen LogP contribution in [0.25, 0.3) is 22.6 Å². The summed E-state index contributed by atoms with van der Waals surface area (Å²) in [5, 5.41) is 0.483. The molecule has 4 aromatic rings. The van der Waals surface area contributed by atoms with E-state index in [9.17, 15) is 8.42 Å². The molecule has 4 rings (SSSR count). The van der Waals surface area contributed by atoms with Gasteiger partial charge in [0.25, 0.3) is 0 Å². The van der Waals surface area contributed by atoms with Gasteiger partial charge in [0.2, 0.25) is 10.0 Å². The van der Waals surface area contributed by atoms with Crippen molar-refractivity contribution >= 4 is 32.8 Å². The summed E-state index contributed by atoms with van der Waals surface area (Å²) < 4.78 is 29.5. The van der Waals surface area contributed by atoms with E-state index < -0.39 is 10.0 Å². The second-order valence-electron chi connectivity index (χ2n) is 6.02. The van der Waals surface area contributed by atoms with Crippen LogP contribution in [0.1, 0.15) is 0 Å². The maximum atomic E-state index is 12.5. The second-order valence-corrected chi connectivity index (χ2v) is 8.22. The van der Waals surface area contributed by atoms with E-state index in [0.717, 1.165) is 11.1 Å². The quantitative estimate of drug-likeness (QED) is 0.524. The number of aromatic nitrogens is 4. The van der Waals surface area contributed by atoms with Crippen LogP contribution < -0.4 is 4.72 Å². The number of nitrogens with zero attached hydrogens (tertiary/aromatic N) is 4.